The quantitative estimate of drug-likeness (QED) is 0.264. The standard InChI is InChI=1S/C20H36Si.2CH3.2ClH.Zr/c1-21(2,19-13-11-15-7-3-5-9-17(15)19)20-14-12-16-8-4-6-10-18(16)20;;;;;/h15-20H,3-14H2,1-2H3;2*1H3;2*1H;/q;2*-1;;;+4/p-2/t15?,16?,17?,18?,19-,20-;;;;;/m0...../s1. The van der Waals surface area contributed by atoms with Crippen molar-refractivity contribution in [1.29, 1.82) is 0 Å². The van der Waals surface area contributed by atoms with Gasteiger partial charge in [-0.15, -0.1) is 0 Å². The second kappa shape index (κ2) is 11.8. The normalized spacial score (nSPS) is 38.5. The maximum atomic E-state index is 4.93. The molecule has 0 spiro atoms. The molecule has 152 valence electrons. The Kier molecular flexibility index (Phi) is 11.6. The van der Waals surface area contributed by atoms with Crippen molar-refractivity contribution in [2.45, 2.75) is 101 Å². The number of hydrogen-bond donors (Lipinski definition) is 0. The Morgan fingerprint density at radius 2 is 0.962 bits per heavy atom. The molecule has 0 aromatic rings. The van der Waals surface area contributed by atoms with Crippen molar-refractivity contribution in [3.63, 3.8) is 0 Å². The van der Waals surface area contributed by atoms with Gasteiger partial charge in [0.2, 0.25) is 0 Å². The first-order valence-corrected chi connectivity index (χ1v) is 20.0. The average molecular weight is 497 g/mol. The van der Waals surface area contributed by atoms with Crippen LogP contribution in [0.5, 0.6) is 0 Å². The third-order valence-electron chi connectivity index (χ3n) is 8.58. The van der Waals surface area contributed by atoms with E-state index in [2.05, 4.69) is 13.1 Å². The van der Waals surface area contributed by atoms with Gasteiger partial charge in [-0.05, 0) is 34.8 Å². The van der Waals surface area contributed by atoms with E-state index in [1.807, 2.05) is 0 Å². The number of rotatable bonds is 2. The molecule has 0 aromatic heterocycles. The van der Waals surface area contributed by atoms with Gasteiger partial charge < -0.3 is 14.9 Å². The second-order valence-corrected chi connectivity index (χ2v) is 18.5. The van der Waals surface area contributed by atoms with E-state index >= 15 is 0 Å². The first-order chi connectivity index (χ1) is 11.6. The van der Waals surface area contributed by atoms with Gasteiger partial charge in [-0.3, -0.25) is 0 Å². The van der Waals surface area contributed by atoms with Gasteiger partial charge in [0.15, 0.2) is 0 Å². The summed E-state index contributed by atoms with van der Waals surface area (Å²) in [5.41, 5.74) is 2.40. The second-order valence-electron chi connectivity index (χ2n) is 9.68. The fourth-order valence-electron chi connectivity index (χ4n) is 7.59. The Bertz CT molecular complexity index is 370. The average Bonchev–Trinajstić information content (AvgIpc) is 3.20. The minimum atomic E-state index is -1.05. The molecule has 4 rings (SSSR count). The molecule has 4 aliphatic rings. The maximum absolute atomic E-state index is 4.93. The van der Waals surface area contributed by atoms with Gasteiger partial charge in [-0.1, -0.05) is 90.1 Å². The van der Waals surface area contributed by atoms with E-state index in [0.29, 0.717) is 0 Å². The van der Waals surface area contributed by atoms with Gasteiger partial charge in [-0.25, -0.2) is 0 Å². The first kappa shape index (κ1) is 25.7. The molecular weight excluding hydrogens is 454 g/mol. The summed E-state index contributed by atoms with van der Waals surface area (Å²) in [5.74, 6) is 4.64. The molecule has 26 heavy (non-hydrogen) atoms. The molecule has 4 heteroatoms. The third kappa shape index (κ3) is 5.43. The van der Waals surface area contributed by atoms with Gasteiger partial charge in [-0.2, -0.15) is 0 Å². The summed E-state index contributed by atoms with van der Waals surface area (Å²) in [6, 6.07) is 0. The predicted molar refractivity (Wildman–Crippen MR) is 119 cm³/mol. The zero-order valence-electron chi connectivity index (χ0n) is 17.7. The van der Waals surface area contributed by atoms with Gasteiger partial charge in [0.05, 0.1) is 8.07 Å². The molecule has 0 heterocycles. The number of hydrogen-bond acceptors (Lipinski definition) is 0. The summed E-state index contributed by atoms with van der Waals surface area (Å²) in [4.78, 5) is 0. The Morgan fingerprint density at radius 3 is 1.35 bits per heavy atom. The molecule has 4 fully saturated rings. The van der Waals surface area contributed by atoms with Crippen molar-refractivity contribution in [3.8, 4) is 0 Å². The van der Waals surface area contributed by atoms with Crippen LogP contribution in [0.25, 0.3) is 0 Å². The summed E-state index contributed by atoms with van der Waals surface area (Å²) < 4.78 is 0. The zero-order chi connectivity index (χ0) is 17.2. The van der Waals surface area contributed by atoms with Crippen molar-refractivity contribution in [1.82, 2.24) is 0 Å². The monoisotopic (exact) mass is 494 g/mol. The molecule has 0 aromatic carbocycles. The van der Waals surface area contributed by atoms with Crippen molar-refractivity contribution < 1.29 is 20.8 Å². The molecule has 0 bridgehead atoms. The Morgan fingerprint density at radius 1 is 0.615 bits per heavy atom. The number of halogens is 2. The molecule has 4 unspecified atom stereocenters. The van der Waals surface area contributed by atoms with Gasteiger partial charge in [0.1, 0.15) is 0 Å². The molecule has 0 nitrogen and oxygen atoms in total. The molecule has 0 N–H and O–H groups in total. The zero-order valence-corrected chi connectivity index (χ0v) is 22.7. The Labute approximate surface area is 184 Å². The van der Waals surface area contributed by atoms with Crippen LogP contribution in [0.2, 0.25) is 24.2 Å². The molecule has 0 saturated heterocycles. The van der Waals surface area contributed by atoms with Crippen molar-refractivity contribution in [3.05, 3.63) is 14.9 Å². The van der Waals surface area contributed by atoms with Crippen LogP contribution in [-0.4, -0.2) is 8.07 Å². The van der Waals surface area contributed by atoms with Gasteiger partial charge >= 0.3 is 37.9 Å². The van der Waals surface area contributed by atoms with Crippen LogP contribution in [0, 0.1) is 38.5 Å². The van der Waals surface area contributed by atoms with Crippen molar-refractivity contribution in [2.75, 3.05) is 0 Å². The summed E-state index contributed by atoms with van der Waals surface area (Å²) in [7, 11) is 8.81. The van der Waals surface area contributed by atoms with Crippen LogP contribution >= 0.6 is 17.0 Å². The first-order valence-electron chi connectivity index (χ1n) is 10.6. The van der Waals surface area contributed by atoms with Crippen LogP contribution in [-0.2, 0) is 20.8 Å². The molecule has 4 saturated carbocycles. The van der Waals surface area contributed by atoms with Gasteiger partial charge in [0, 0.05) is 0 Å². The van der Waals surface area contributed by atoms with E-state index in [-0.39, 0.29) is 14.9 Å². The topological polar surface area (TPSA) is 0 Å². The van der Waals surface area contributed by atoms with E-state index in [1.165, 1.54) is 22.9 Å². The number of fused-ring (bicyclic) bond motifs is 2. The van der Waals surface area contributed by atoms with Crippen LogP contribution in [0.3, 0.4) is 0 Å². The summed E-state index contributed by atoms with van der Waals surface area (Å²) in [6.07, 6.45) is 19.0. The Hall–Kier alpha value is 1.68. The third-order valence-corrected chi connectivity index (χ3v) is 13.8. The van der Waals surface area contributed by atoms with E-state index in [0.717, 1.165) is 11.8 Å². The Balaban J connectivity index is 0.000000635. The SMILES string of the molecule is C[Si](C)([C@H]1CCC2CCCCC21)[C@H]1CCC2CCCCC21.[CH3-].[CH3-].[Cl][Zr+2][Cl]. The van der Waals surface area contributed by atoms with E-state index in [9.17, 15) is 0 Å². The predicted octanol–water partition coefficient (Wildman–Crippen LogP) is 8.91. The summed E-state index contributed by atoms with van der Waals surface area (Å²) in [5, 5.41) is 0. The van der Waals surface area contributed by atoms with Crippen LogP contribution in [0.1, 0.15) is 77.0 Å². The molecular formula is C22H42Cl2SiZr. The molecule has 0 radical (unpaired) electrons. The van der Waals surface area contributed by atoms with Crippen LogP contribution < -0.4 is 0 Å². The van der Waals surface area contributed by atoms with Crippen molar-refractivity contribution >= 4 is 25.1 Å². The minimum absolute atomic E-state index is 0. The molecule has 0 amide bonds. The fraction of sp³-hybridized carbons (Fsp3) is 0.909. The summed E-state index contributed by atoms with van der Waals surface area (Å²) >= 11 is -0.826. The fourth-order valence-corrected chi connectivity index (χ4v) is 13.0. The molecule has 0 aliphatic heterocycles. The van der Waals surface area contributed by atoms with E-state index in [4.69, 9.17) is 17.0 Å². The van der Waals surface area contributed by atoms with Gasteiger partial charge in [0.25, 0.3) is 0 Å². The summed E-state index contributed by atoms with van der Waals surface area (Å²) in [6.45, 7) is 5.66. The van der Waals surface area contributed by atoms with E-state index in [1.54, 1.807) is 77.0 Å². The van der Waals surface area contributed by atoms with Crippen molar-refractivity contribution in [2.24, 2.45) is 23.7 Å². The van der Waals surface area contributed by atoms with E-state index < -0.39 is 28.9 Å². The molecule has 6 atom stereocenters. The van der Waals surface area contributed by atoms with Crippen LogP contribution in [0.15, 0.2) is 0 Å². The molecule has 4 aliphatic carbocycles. The van der Waals surface area contributed by atoms with Crippen LogP contribution in [0.4, 0.5) is 0 Å².